The third kappa shape index (κ3) is 2.50. The molecule has 1 fully saturated rings. The van der Waals surface area contributed by atoms with Gasteiger partial charge in [-0.3, -0.25) is 4.90 Å². The fourth-order valence-electron chi connectivity index (χ4n) is 2.26. The number of likely N-dealkylation sites (tertiary alicyclic amines) is 1. The lowest BCUT2D eigenvalue weighted by molar-refractivity contribution is 0.0561. The normalized spacial score (nSPS) is 20.7. The van der Waals surface area contributed by atoms with Crippen molar-refractivity contribution < 1.29 is 19.1 Å². The lowest BCUT2D eigenvalue weighted by atomic mass is 10.2. The first-order valence-corrected chi connectivity index (χ1v) is 5.76. The second kappa shape index (κ2) is 5.33. The van der Waals surface area contributed by atoms with Crippen LogP contribution in [0.25, 0.3) is 0 Å². The number of furan rings is 1. The second-order valence-electron chi connectivity index (χ2n) is 4.22. The van der Waals surface area contributed by atoms with Gasteiger partial charge in [0.2, 0.25) is 5.76 Å². The molecule has 1 aromatic rings. The largest absolute Gasteiger partial charge is 0.463 e. The Morgan fingerprint density at radius 3 is 3.24 bits per heavy atom. The van der Waals surface area contributed by atoms with E-state index in [1.54, 1.807) is 6.07 Å². The fourth-order valence-corrected chi connectivity index (χ4v) is 2.26. The molecule has 1 aliphatic rings. The summed E-state index contributed by atoms with van der Waals surface area (Å²) in [5, 5.41) is 9.23. The summed E-state index contributed by atoms with van der Waals surface area (Å²) < 4.78 is 9.79. The number of methoxy groups -OCH3 is 1. The van der Waals surface area contributed by atoms with E-state index in [0.717, 1.165) is 24.9 Å². The lowest BCUT2D eigenvalue weighted by Crippen LogP contribution is -2.31. The van der Waals surface area contributed by atoms with Crippen LogP contribution in [0.2, 0.25) is 0 Å². The Balaban J connectivity index is 2.08. The summed E-state index contributed by atoms with van der Waals surface area (Å²) in [6.07, 6.45) is 3.57. The molecule has 0 aromatic carbocycles. The Hall–Kier alpha value is -1.33. The van der Waals surface area contributed by atoms with Crippen LogP contribution in [0.15, 0.2) is 16.7 Å². The van der Waals surface area contributed by atoms with Crippen LogP contribution >= 0.6 is 0 Å². The van der Waals surface area contributed by atoms with Gasteiger partial charge in [0, 0.05) is 18.2 Å². The van der Waals surface area contributed by atoms with E-state index >= 15 is 0 Å². The fraction of sp³-hybridized carbons (Fsp3) is 0.583. The molecule has 94 valence electrons. The molecule has 0 amide bonds. The molecular weight excluding hydrogens is 222 g/mol. The molecule has 1 aromatic heterocycles. The molecular formula is C12H17NO4. The van der Waals surface area contributed by atoms with Gasteiger partial charge >= 0.3 is 5.97 Å². The van der Waals surface area contributed by atoms with Gasteiger partial charge in [0.05, 0.1) is 20.0 Å². The van der Waals surface area contributed by atoms with Gasteiger partial charge in [0.25, 0.3) is 0 Å². The summed E-state index contributed by atoms with van der Waals surface area (Å²) in [6, 6.07) is 1.97. The highest BCUT2D eigenvalue weighted by molar-refractivity contribution is 5.87. The van der Waals surface area contributed by atoms with Crippen molar-refractivity contribution in [3.63, 3.8) is 0 Å². The summed E-state index contributed by atoms with van der Waals surface area (Å²) in [5.41, 5.74) is 0.817. The first kappa shape index (κ1) is 12.1. The van der Waals surface area contributed by atoms with E-state index in [1.807, 2.05) is 0 Å². The Morgan fingerprint density at radius 1 is 1.71 bits per heavy atom. The van der Waals surface area contributed by atoms with Gasteiger partial charge in [-0.1, -0.05) is 0 Å². The van der Waals surface area contributed by atoms with E-state index in [0.29, 0.717) is 6.54 Å². The number of carbonyl (C=O) groups is 1. The van der Waals surface area contributed by atoms with Crippen molar-refractivity contribution in [3.8, 4) is 0 Å². The average Bonchev–Trinajstić information content (AvgIpc) is 2.97. The number of hydrogen-bond donors (Lipinski definition) is 1. The van der Waals surface area contributed by atoms with E-state index in [1.165, 1.54) is 13.4 Å². The van der Waals surface area contributed by atoms with Gasteiger partial charge < -0.3 is 14.3 Å². The highest BCUT2D eigenvalue weighted by Gasteiger charge is 2.26. The lowest BCUT2D eigenvalue weighted by Gasteiger charge is -2.22. The number of carbonyl (C=O) groups excluding carboxylic acids is 1. The molecule has 1 saturated heterocycles. The zero-order valence-electron chi connectivity index (χ0n) is 9.89. The van der Waals surface area contributed by atoms with Crippen LogP contribution in [0, 0.1) is 0 Å². The molecule has 0 unspecified atom stereocenters. The summed E-state index contributed by atoms with van der Waals surface area (Å²) in [6.45, 7) is 1.72. The third-order valence-electron chi connectivity index (χ3n) is 3.20. The molecule has 5 nitrogen and oxygen atoms in total. The Kier molecular flexibility index (Phi) is 3.81. The Bertz CT molecular complexity index is 388. The molecule has 0 aliphatic carbocycles. The maximum atomic E-state index is 11.4. The number of esters is 1. The number of nitrogens with zero attached hydrogens (tertiary/aromatic N) is 1. The topological polar surface area (TPSA) is 62.9 Å². The zero-order chi connectivity index (χ0) is 12.3. The van der Waals surface area contributed by atoms with Crippen LogP contribution in [0.3, 0.4) is 0 Å². The smallest absolute Gasteiger partial charge is 0.374 e. The van der Waals surface area contributed by atoms with E-state index in [4.69, 9.17) is 4.42 Å². The molecule has 2 heterocycles. The maximum Gasteiger partial charge on any atom is 0.374 e. The molecule has 5 heteroatoms. The van der Waals surface area contributed by atoms with Crippen molar-refractivity contribution in [1.29, 1.82) is 0 Å². The van der Waals surface area contributed by atoms with Gasteiger partial charge in [0.15, 0.2) is 0 Å². The number of aliphatic hydroxyl groups excluding tert-OH is 1. The summed E-state index contributed by atoms with van der Waals surface area (Å²) in [5.74, 6) is -0.194. The highest BCUT2D eigenvalue weighted by Crippen LogP contribution is 2.22. The number of ether oxygens (including phenoxy) is 1. The van der Waals surface area contributed by atoms with Gasteiger partial charge in [-0.05, 0) is 25.5 Å². The van der Waals surface area contributed by atoms with Crippen molar-refractivity contribution >= 4 is 5.97 Å². The molecule has 1 atom stereocenters. The van der Waals surface area contributed by atoms with Gasteiger partial charge in [-0.25, -0.2) is 4.79 Å². The zero-order valence-corrected chi connectivity index (χ0v) is 9.89. The van der Waals surface area contributed by atoms with E-state index in [2.05, 4.69) is 9.64 Å². The van der Waals surface area contributed by atoms with Crippen LogP contribution in [0.4, 0.5) is 0 Å². The van der Waals surface area contributed by atoms with Crippen LogP contribution in [0.5, 0.6) is 0 Å². The number of hydrogen-bond acceptors (Lipinski definition) is 5. The van der Waals surface area contributed by atoms with E-state index < -0.39 is 5.97 Å². The van der Waals surface area contributed by atoms with Gasteiger partial charge in [-0.2, -0.15) is 0 Å². The van der Waals surface area contributed by atoms with Crippen molar-refractivity contribution in [2.45, 2.75) is 25.4 Å². The minimum atomic E-state index is -0.454. The first-order valence-electron chi connectivity index (χ1n) is 5.76. The van der Waals surface area contributed by atoms with Crippen LogP contribution in [-0.2, 0) is 11.3 Å². The molecule has 0 spiro atoms. The van der Waals surface area contributed by atoms with Gasteiger partial charge in [0.1, 0.15) is 0 Å². The number of aliphatic hydroxyl groups is 1. The Morgan fingerprint density at radius 2 is 2.53 bits per heavy atom. The maximum absolute atomic E-state index is 11.4. The summed E-state index contributed by atoms with van der Waals surface area (Å²) >= 11 is 0. The molecule has 1 N–H and O–H groups in total. The van der Waals surface area contributed by atoms with E-state index in [-0.39, 0.29) is 18.4 Å². The molecule has 1 aliphatic heterocycles. The number of rotatable bonds is 4. The van der Waals surface area contributed by atoms with Crippen LogP contribution in [0.1, 0.15) is 29.0 Å². The van der Waals surface area contributed by atoms with Crippen LogP contribution in [-0.4, -0.2) is 42.3 Å². The average molecular weight is 239 g/mol. The molecule has 17 heavy (non-hydrogen) atoms. The molecule has 0 bridgehead atoms. The SMILES string of the molecule is COC(=O)c1occc1CN1CCC[C@@H]1CO. The third-order valence-corrected chi connectivity index (χ3v) is 3.20. The standard InChI is InChI=1S/C12H17NO4/c1-16-12(15)11-9(4-6-17-11)7-13-5-2-3-10(13)8-14/h4,6,10,14H,2-3,5,7-8H2,1H3/t10-/m1/s1. The van der Waals surface area contributed by atoms with Crippen molar-refractivity contribution in [2.75, 3.05) is 20.3 Å². The molecule has 0 saturated carbocycles. The predicted molar refractivity (Wildman–Crippen MR) is 60.6 cm³/mol. The monoisotopic (exact) mass is 239 g/mol. The second-order valence-corrected chi connectivity index (χ2v) is 4.22. The van der Waals surface area contributed by atoms with Crippen molar-refractivity contribution in [2.24, 2.45) is 0 Å². The van der Waals surface area contributed by atoms with E-state index in [9.17, 15) is 9.90 Å². The first-order chi connectivity index (χ1) is 8.26. The minimum absolute atomic E-state index is 0.158. The Labute approximate surface area is 100.0 Å². The van der Waals surface area contributed by atoms with Crippen molar-refractivity contribution in [3.05, 3.63) is 23.7 Å². The minimum Gasteiger partial charge on any atom is -0.463 e. The summed E-state index contributed by atoms with van der Waals surface area (Å²) in [7, 11) is 1.33. The van der Waals surface area contributed by atoms with Crippen molar-refractivity contribution in [1.82, 2.24) is 4.90 Å². The van der Waals surface area contributed by atoms with Gasteiger partial charge in [-0.15, -0.1) is 0 Å². The molecule has 0 radical (unpaired) electrons. The van der Waals surface area contributed by atoms with Crippen LogP contribution < -0.4 is 0 Å². The quantitative estimate of drug-likeness (QED) is 0.795. The summed E-state index contributed by atoms with van der Waals surface area (Å²) in [4.78, 5) is 13.6. The highest BCUT2D eigenvalue weighted by atomic mass is 16.5. The molecule has 2 rings (SSSR count). The predicted octanol–water partition coefficient (Wildman–Crippen LogP) is 1.02.